The number of hydrogen-bond acceptors (Lipinski definition) is 1. The Hall–Kier alpha value is -0.820. The van der Waals surface area contributed by atoms with E-state index in [1.165, 1.54) is 12.0 Å². The lowest BCUT2D eigenvalue weighted by Crippen LogP contribution is -2.04. The summed E-state index contributed by atoms with van der Waals surface area (Å²) < 4.78 is 0. The SMILES string of the molecule is [CH]NCCCCc1ccccc1. The summed E-state index contributed by atoms with van der Waals surface area (Å²) in [6.45, 7) is 0.910. The summed E-state index contributed by atoms with van der Waals surface area (Å²) in [6.07, 6.45) is 3.50. The normalized spacial score (nSPS) is 10.1. The second kappa shape index (κ2) is 5.78. The van der Waals surface area contributed by atoms with E-state index in [1.54, 1.807) is 0 Å². The molecule has 0 fully saturated rings. The summed E-state index contributed by atoms with van der Waals surface area (Å²) in [5.41, 5.74) is 1.41. The van der Waals surface area contributed by atoms with Crippen LogP contribution in [-0.2, 0) is 6.42 Å². The third kappa shape index (κ3) is 3.54. The molecule has 12 heavy (non-hydrogen) atoms. The molecule has 0 bridgehead atoms. The minimum Gasteiger partial charge on any atom is -0.311 e. The van der Waals surface area contributed by atoms with Gasteiger partial charge in [-0.25, -0.2) is 0 Å². The Labute approximate surface area is 74.8 Å². The minimum atomic E-state index is 0.910. The van der Waals surface area contributed by atoms with Gasteiger partial charge in [0.2, 0.25) is 0 Å². The molecule has 1 aromatic carbocycles. The molecule has 0 unspecified atom stereocenters. The first-order chi connectivity index (χ1) is 5.93. The quantitative estimate of drug-likeness (QED) is 0.516. The van der Waals surface area contributed by atoms with Crippen LogP contribution in [0.2, 0.25) is 0 Å². The van der Waals surface area contributed by atoms with Crippen LogP contribution in [0.5, 0.6) is 0 Å². The molecular weight excluding hydrogens is 146 g/mol. The second-order valence-corrected chi connectivity index (χ2v) is 2.90. The number of nitrogens with one attached hydrogen (secondary N) is 1. The van der Waals surface area contributed by atoms with Crippen molar-refractivity contribution in [3.63, 3.8) is 0 Å². The lowest BCUT2D eigenvalue weighted by molar-refractivity contribution is 0.693. The Balaban J connectivity index is 2.16. The molecule has 64 valence electrons. The van der Waals surface area contributed by atoms with Gasteiger partial charge in [0, 0.05) is 7.05 Å². The number of aryl methyl sites for hydroxylation is 1. The van der Waals surface area contributed by atoms with Crippen LogP contribution < -0.4 is 5.32 Å². The van der Waals surface area contributed by atoms with Gasteiger partial charge in [-0.1, -0.05) is 30.3 Å². The van der Waals surface area contributed by atoms with Crippen molar-refractivity contribution in [3.05, 3.63) is 42.9 Å². The maximum atomic E-state index is 5.16. The number of benzene rings is 1. The van der Waals surface area contributed by atoms with Gasteiger partial charge in [-0.05, 0) is 31.4 Å². The standard InChI is InChI=1S/C11H15N/c1-12-10-6-5-9-11-7-3-2-4-8-11/h1-4,7-8,12H,5-6,9-10H2. The molecule has 0 saturated carbocycles. The highest BCUT2D eigenvalue weighted by molar-refractivity contribution is 5.14. The molecule has 1 rings (SSSR count). The van der Waals surface area contributed by atoms with Gasteiger partial charge >= 0.3 is 0 Å². The highest BCUT2D eigenvalue weighted by Gasteiger charge is 1.90. The predicted molar refractivity (Wildman–Crippen MR) is 51.7 cm³/mol. The van der Waals surface area contributed by atoms with E-state index in [0.29, 0.717) is 0 Å². The molecule has 1 aromatic rings. The average molecular weight is 161 g/mol. The number of hydrogen-bond donors (Lipinski definition) is 1. The van der Waals surface area contributed by atoms with E-state index in [-0.39, 0.29) is 0 Å². The summed E-state index contributed by atoms with van der Waals surface area (Å²) in [5.74, 6) is 0. The summed E-state index contributed by atoms with van der Waals surface area (Å²) in [4.78, 5) is 0. The fraction of sp³-hybridized carbons (Fsp3) is 0.364. The van der Waals surface area contributed by atoms with Gasteiger partial charge in [0.1, 0.15) is 0 Å². The minimum absolute atomic E-state index is 0.910. The van der Waals surface area contributed by atoms with Gasteiger partial charge in [-0.15, -0.1) is 0 Å². The molecular formula is C11H15N. The summed E-state index contributed by atoms with van der Waals surface area (Å²) in [6, 6.07) is 10.5. The van der Waals surface area contributed by atoms with E-state index in [0.717, 1.165) is 19.4 Å². The molecule has 0 heterocycles. The Morgan fingerprint density at radius 3 is 2.50 bits per heavy atom. The smallest absolute Gasteiger partial charge is 0.0407 e. The third-order valence-corrected chi connectivity index (χ3v) is 1.88. The van der Waals surface area contributed by atoms with Crippen LogP contribution in [-0.4, -0.2) is 6.54 Å². The summed E-state index contributed by atoms with van der Waals surface area (Å²) >= 11 is 0. The van der Waals surface area contributed by atoms with Crippen molar-refractivity contribution in [2.45, 2.75) is 19.3 Å². The highest BCUT2D eigenvalue weighted by Crippen LogP contribution is 2.03. The number of unbranched alkanes of at least 4 members (excludes halogenated alkanes) is 1. The first-order valence-corrected chi connectivity index (χ1v) is 4.41. The zero-order chi connectivity index (χ0) is 8.65. The van der Waals surface area contributed by atoms with E-state index in [9.17, 15) is 0 Å². The molecule has 0 aromatic heterocycles. The molecule has 0 spiro atoms. The van der Waals surface area contributed by atoms with Crippen molar-refractivity contribution in [2.24, 2.45) is 0 Å². The molecule has 0 aliphatic rings. The van der Waals surface area contributed by atoms with Gasteiger partial charge in [-0.2, -0.15) is 0 Å². The zero-order valence-electron chi connectivity index (χ0n) is 7.29. The van der Waals surface area contributed by atoms with E-state index in [4.69, 9.17) is 7.05 Å². The van der Waals surface area contributed by atoms with Crippen molar-refractivity contribution in [1.29, 1.82) is 0 Å². The Bertz CT molecular complexity index is 193. The molecule has 1 N–H and O–H groups in total. The summed E-state index contributed by atoms with van der Waals surface area (Å²) in [7, 11) is 5.16. The van der Waals surface area contributed by atoms with E-state index < -0.39 is 0 Å². The monoisotopic (exact) mass is 161 g/mol. The van der Waals surface area contributed by atoms with Gasteiger partial charge in [-0.3, -0.25) is 0 Å². The highest BCUT2D eigenvalue weighted by atomic mass is 14.8. The zero-order valence-corrected chi connectivity index (χ0v) is 7.29. The van der Waals surface area contributed by atoms with Crippen LogP contribution in [0.4, 0.5) is 0 Å². The van der Waals surface area contributed by atoms with Crippen LogP contribution in [0.3, 0.4) is 0 Å². The lowest BCUT2D eigenvalue weighted by atomic mass is 10.1. The molecule has 0 aliphatic carbocycles. The molecule has 0 aliphatic heterocycles. The lowest BCUT2D eigenvalue weighted by Gasteiger charge is -2.00. The van der Waals surface area contributed by atoms with Gasteiger partial charge in [0.25, 0.3) is 0 Å². The molecule has 1 heteroatoms. The van der Waals surface area contributed by atoms with Gasteiger partial charge < -0.3 is 5.32 Å². The third-order valence-electron chi connectivity index (χ3n) is 1.88. The molecule has 0 saturated heterocycles. The van der Waals surface area contributed by atoms with Crippen molar-refractivity contribution in [1.82, 2.24) is 5.32 Å². The maximum Gasteiger partial charge on any atom is 0.0407 e. The van der Waals surface area contributed by atoms with Crippen LogP contribution >= 0.6 is 0 Å². The van der Waals surface area contributed by atoms with Crippen LogP contribution in [0.15, 0.2) is 30.3 Å². The molecule has 0 atom stereocenters. The van der Waals surface area contributed by atoms with Gasteiger partial charge in [0.15, 0.2) is 0 Å². The van der Waals surface area contributed by atoms with Crippen molar-refractivity contribution < 1.29 is 0 Å². The summed E-state index contributed by atoms with van der Waals surface area (Å²) in [5, 5.41) is 2.65. The predicted octanol–water partition coefficient (Wildman–Crippen LogP) is 2.27. The van der Waals surface area contributed by atoms with E-state index in [2.05, 4.69) is 29.6 Å². The van der Waals surface area contributed by atoms with E-state index in [1.807, 2.05) is 6.07 Å². The van der Waals surface area contributed by atoms with Crippen LogP contribution in [0.25, 0.3) is 0 Å². The van der Waals surface area contributed by atoms with Crippen molar-refractivity contribution in [2.75, 3.05) is 6.54 Å². The Morgan fingerprint density at radius 2 is 1.83 bits per heavy atom. The van der Waals surface area contributed by atoms with Crippen LogP contribution in [0, 0.1) is 7.05 Å². The molecule has 1 nitrogen and oxygen atoms in total. The van der Waals surface area contributed by atoms with Crippen molar-refractivity contribution >= 4 is 0 Å². The fourth-order valence-electron chi connectivity index (χ4n) is 1.20. The van der Waals surface area contributed by atoms with E-state index >= 15 is 0 Å². The largest absolute Gasteiger partial charge is 0.311 e. The Kier molecular flexibility index (Phi) is 4.47. The number of rotatable bonds is 5. The first-order valence-electron chi connectivity index (χ1n) is 4.41. The first kappa shape index (κ1) is 9.27. The second-order valence-electron chi connectivity index (χ2n) is 2.90. The molecule has 2 radical (unpaired) electrons. The van der Waals surface area contributed by atoms with Crippen molar-refractivity contribution in [3.8, 4) is 0 Å². The fourth-order valence-corrected chi connectivity index (χ4v) is 1.20. The van der Waals surface area contributed by atoms with Gasteiger partial charge in [0.05, 0.1) is 0 Å². The maximum absolute atomic E-state index is 5.16. The topological polar surface area (TPSA) is 12.0 Å². The Morgan fingerprint density at radius 1 is 1.08 bits per heavy atom. The average Bonchev–Trinajstić information content (AvgIpc) is 2.14. The van der Waals surface area contributed by atoms with Crippen LogP contribution in [0.1, 0.15) is 18.4 Å². The molecule has 0 amide bonds.